The maximum atomic E-state index is 12.3. The number of halogens is 2. The molecule has 2 heterocycles. The summed E-state index contributed by atoms with van der Waals surface area (Å²) in [5, 5.41) is 14.9. The van der Waals surface area contributed by atoms with E-state index in [1.165, 1.54) is 0 Å². The summed E-state index contributed by atoms with van der Waals surface area (Å²) in [6, 6.07) is 15.0. The second-order valence-electron chi connectivity index (χ2n) is 15.2. The largest absolute Gasteiger partial charge is 0.543 e. The molecule has 0 saturated carbocycles. The summed E-state index contributed by atoms with van der Waals surface area (Å²) < 4.78 is 12.5. The van der Waals surface area contributed by atoms with Crippen LogP contribution in [0.1, 0.15) is 72.0 Å². The lowest BCUT2D eigenvalue weighted by molar-refractivity contribution is -0.116. The zero-order valence-corrected chi connectivity index (χ0v) is 36.6. The third-order valence-corrected chi connectivity index (χ3v) is 20.2. The molecule has 4 rings (SSSR count). The molecule has 0 aliphatic rings. The predicted molar refractivity (Wildman–Crippen MR) is 220 cm³/mol. The number of carboxylic acid groups (broad SMARTS) is 1. The minimum Gasteiger partial charge on any atom is -0.543 e. The SMILES string of the molecule is CC(C)(C)[Si](C)(C)Oc1cccc(CC(=O)Nc2nc(Cl)c(C(=O)O)s2)c1.CC(C)(C)[Si](C)(C)Oc1cccc(CC(=O)Nc2nc(Cl)c(C=O)s2)c1. The van der Waals surface area contributed by atoms with Crippen molar-refractivity contribution in [3.8, 4) is 11.5 Å². The number of nitrogens with zero attached hydrogens (tertiary/aromatic N) is 2. The Morgan fingerprint density at radius 2 is 1.17 bits per heavy atom. The van der Waals surface area contributed by atoms with E-state index in [4.69, 9.17) is 37.2 Å². The summed E-state index contributed by atoms with van der Waals surface area (Å²) in [7, 11) is -3.90. The van der Waals surface area contributed by atoms with Crippen LogP contribution in [-0.2, 0) is 22.4 Å². The van der Waals surface area contributed by atoms with Crippen molar-refractivity contribution in [3.63, 3.8) is 0 Å². The van der Waals surface area contributed by atoms with Gasteiger partial charge in [-0.1, -0.05) is 112 Å². The molecule has 0 saturated heterocycles. The smallest absolute Gasteiger partial charge is 0.349 e. The van der Waals surface area contributed by atoms with E-state index in [0.29, 0.717) is 16.3 Å². The number of benzene rings is 2. The number of hydrogen-bond acceptors (Lipinski definition) is 10. The number of hydrogen-bond donors (Lipinski definition) is 3. The summed E-state index contributed by atoms with van der Waals surface area (Å²) >= 11 is 13.4. The van der Waals surface area contributed by atoms with Gasteiger partial charge in [0, 0.05) is 0 Å². The van der Waals surface area contributed by atoms with E-state index in [1.54, 1.807) is 0 Å². The molecule has 0 aliphatic heterocycles. The highest BCUT2D eigenvalue weighted by Crippen LogP contribution is 2.38. The second-order valence-corrected chi connectivity index (χ2v) is 27.4. The van der Waals surface area contributed by atoms with Gasteiger partial charge in [0.05, 0.1) is 12.8 Å². The van der Waals surface area contributed by atoms with Gasteiger partial charge in [0.1, 0.15) is 16.4 Å². The zero-order chi connectivity index (χ0) is 39.9. The number of nitrogens with one attached hydrogen (secondary N) is 2. The number of anilines is 2. The van der Waals surface area contributed by atoms with Gasteiger partial charge in [0.2, 0.25) is 28.4 Å². The topological polar surface area (TPSA) is 157 Å². The van der Waals surface area contributed by atoms with E-state index in [1.807, 2.05) is 48.5 Å². The lowest BCUT2D eigenvalue weighted by Crippen LogP contribution is -2.43. The van der Waals surface area contributed by atoms with E-state index in [2.05, 4.69) is 88.3 Å². The van der Waals surface area contributed by atoms with Gasteiger partial charge in [-0.25, -0.2) is 14.8 Å². The Bertz CT molecular complexity index is 1950. The molecule has 0 fully saturated rings. The van der Waals surface area contributed by atoms with Crippen LogP contribution in [0.4, 0.5) is 10.3 Å². The summed E-state index contributed by atoms with van der Waals surface area (Å²) in [6.07, 6.45) is 0.925. The van der Waals surface area contributed by atoms with Crippen molar-refractivity contribution in [3.05, 3.63) is 79.7 Å². The van der Waals surface area contributed by atoms with Gasteiger partial charge in [0.25, 0.3) is 0 Å². The standard InChI is InChI=1S/C18H23ClN2O4SSi.C18H23ClN2O3SSi/c1-18(2,3)27(4,5)25-12-8-6-7-11(9-12)10-13(22)20-17-21-15(19)14(26-17)16(23)24;1-18(2,3)26(4,5)24-13-8-6-7-12(9-13)10-15(23)20-17-21-16(19)14(11-22)25-17/h6-9H,10H2,1-5H3,(H,23,24)(H,20,21,22);6-9,11H,10H2,1-5H3,(H,20,21,23). The van der Waals surface area contributed by atoms with Crippen molar-refractivity contribution >= 4 is 96.8 Å². The van der Waals surface area contributed by atoms with Crippen LogP contribution in [0.5, 0.6) is 11.5 Å². The fraction of sp³-hybridized carbons (Fsp3) is 0.389. The van der Waals surface area contributed by atoms with Crippen LogP contribution in [0.2, 0.25) is 46.6 Å². The van der Waals surface area contributed by atoms with Crippen LogP contribution in [0.25, 0.3) is 0 Å². The van der Waals surface area contributed by atoms with Crippen LogP contribution >= 0.6 is 45.9 Å². The predicted octanol–water partition coefficient (Wildman–Crippen LogP) is 10.2. The third-order valence-electron chi connectivity index (χ3n) is 8.87. The summed E-state index contributed by atoms with van der Waals surface area (Å²) in [6.45, 7) is 21.8. The zero-order valence-electron chi connectivity index (χ0n) is 31.5. The summed E-state index contributed by atoms with van der Waals surface area (Å²) in [5.74, 6) is -0.174. The number of carboxylic acids is 1. The number of carbonyl (C=O) groups excluding carboxylic acids is 3. The van der Waals surface area contributed by atoms with E-state index in [-0.39, 0.29) is 55.0 Å². The van der Waals surface area contributed by atoms with Crippen molar-refractivity contribution in [2.24, 2.45) is 0 Å². The highest BCUT2D eigenvalue weighted by atomic mass is 35.5. The second kappa shape index (κ2) is 17.7. The Hall–Kier alpha value is -3.61. The van der Waals surface area contributed by atoms with Gasteiger partial charge >= 0.3 is 5.97 Å². The molecule has 17 heteroatoms. The molecular formula is C36H46Cl2N4O7S2Si2. The molecule has 2 aromatic carbocycles. The fourth-order valence-corrected chi connectivity index (χ4v) is 8.03. The Balaban J connectivity index is 0.000000286. The molecule has 3 N–H and O–H groups in total. The molecule has 286 valence electrons. The minimum absolute atomic E-state index is 0.0757. The molecule has 0 bridgehead atoms. The molecule has 53 heavy (non-hydrogen) atoms. The molecule has 2 amide bonds. The molecule has 0 aliphatic carbocycles. The number of aromatic nitrogens is 2. The van der Waals surface area contributed by atoms with Gasteiger partial charge in [-0.3, -0.25) is 14.4 Å². The highest BCUT2D eigenvalue weighted by molar-refractivity contribution is 7.18. The fourth-order valence-electron chi connectivity index (χ4n) is 3.96. The first kappa shape index (κ1) is 43.8. The molecule has 2 aromatic heterocycles. The number of aromatic carboxylic acids is 1. The summed E-state index contributed by atoms with van der Waals surface area (Å²) in [5.41, 5.74) is 1.64. The number of carbonyl (C=O) groups is 4. The van der Waals surface area contributed by atoms with E-state index < -0.39 is 22.6 Å². The van der Waals surface area contributed by atoms with Crippen molar-refractivity contribution in [2.75, 3.05) is 10.6 Å². The lowest BCUT2D eigenvalue weighted by atomic mass is 10.1. The van der Waals surface area contributed by atoms with Crippen molar-refractivity contribution < 1.29 is 33.1 Å². The van der Waals surface area contributed by atoms with Crippen LogP contribution in [0.3, 0.4) is 0 Å². The maximum Gasteiger partial charge on any atom is 0.349 e. The Labute approximate surface area is 330 Å². The number of thiazole rings is 2. The maximum absolute atomic E-state index is 12.3. The van der Waals surface area contributed by atoms with Crippen molar-refractivity contribution in [2.45, 2.75) is 90.6 Å². The van der Waals surface area contributed by atoms with Gasteiger partial charge in [0.15, 0.2) is 31.7 Å². The van der Waals surface area contributed by atoms with Gasteiger partial charge in [-0.2, -0.15) is 0 Å². The molecule has 0 unspecified atom stereocenters. The summed E-state index contributed by atoms with van der Waals surface area (Å²) in [4.78, 5) is 54.3. The van der Waals surface area contributed by atoms with Gasteiger partial charge in [-0.05, 0) is 71.7 Å². The molecule has 11 nitrogen and oxygen atoms in total. The number of rotatable bonds is 12. The third kappa shape index (κ3) is 12.7. The van der Waals surface area contributed by atoms with Crippen molar-refractivity contribution in [1.29, 1.82) is 0 Å². The molecule has 0 atom stereocenters. The minimum atomic E-state index is -1.96. The lowest BCUT2D eigenvalue weighted by Gasteiger charge is -2.36. The van der Waals surface area contributed by atoms with Crippen LogP contribution < -0.4 is 19.5 Å². The first-order chi connectivity index (χ1) is 24.4. The average Bonchev–Trinajstić information content (AvgIpc) is 3.56. The molecular weight excluding hydrogens is 792 g/mol. The van der Waals surface area contributed by atoms with Crippen LogP contribution in [-0.4, -0.2) is 55.8 Å². The normalized spacial score (nSPS) is 11.9. The molecule has 4 aromatic rings. The quantitative estimate of drug-likeness (QED) is 0.0933. The molecule has 0 spiro atoms. The Kier molecular flexibility index (Phi) is 14.6. The number of amides is 2. The first-order valence-corrected chi connectivity index (χ1v) is 24.8. The first-order valence-electron chi connectivity index (χ1n) is 16.6. The Morgan fingerprint density at radius 3 is 1.53 bits per heavy atom. The van der Waals surface area contributed by atoms with E-state index in [9.17, 15) is 19.2 Å². The highest BCUT2D eigenvalue weighted by Gasteiger charge is 2.40. The van der Waals surface area contributed by atoms with E-state index in [0.717, 1.165) is 45.3 Å². The van der Waals surface area contributed by atoms with Crippen LogP contribution in [0, 0.1) is 0 Å². The van der Waals surface area contributed by atoms with Gasteiger partial charge < -0.3 is 24.6 Å². The number of aldehydes is 1. The van der Waals surface area contributed by atoms with Crippen LogP contribution in [0.15, 0.2) is 48.5 Å². The average molecular weight is 838 g/mol. The Morgan fingerprint density at radius 1 is 0.755 bits per heavy atom. The monoisotopic (exact) mass is 836 g/mol. The van der Waals surface area contributed by atoms with E-state index >= 15 is 0 Å². The van der Waals surface area contributed by atoms with Crippen molar-refractivity contribution in [1.82, 2.24) is 9.97 Å². The van der Waals surface area contributed by atoms with Gasteiger partial charge in [-0.15, -0.1) is 0 Å². The molecule has 0 radical (unpaired) electrons.